The van der Waals surface area contributed by atoms with Crippen LogP contribution in [0.1, 0.15) is 24.8 Å². The number of hydrogen-bond donors (Lipinski definition) is 0. The second kappa shape index (κ2) is 6.43. The first-order valence-electron chi connectivity index (χ1n) is 6.71. The lowest BCUT2D eigenvalue weighted by molar-refractivity contribution is 0.251. The zero-order valence-corrected chi connectivity index (χ0v) is 13.4. The molecule has 0 amide bonds. The summed E-state index contributed by atoms with van der Waals surface area (Å²) in [5.41, 5.74) is 0.873. The van der Waals surface area contributed by atoms with E-state index in [4.69, 9.17) is 11.6 Å². The molecule has 20 heavy (non-hydrogen) atoms. The molecule has 2 rings (SSSR count). The standard InChI is InChI=1S/C12H21ClN4O2S/c1-15-9-11(8-14-15)10-16(2)20(18,19)17-6-4-3-5-12(17)7-13/h8-9,12H,3-7,10H2,1-2H3. The normalized spacial score (nSPS) is 21.5. The zero-order valence-electron chi connectivity index (χ0n) is 11.9. The minimum Gasteiger partial charge on any atom is -0.275 e. The number of rotatable bonds is 5. The maximum atomic E-state index is 12.6. The summed E-state index contributed by atoms with van der Waals surface area (Å²) in [5, 5.41) is 4.06. The Kier molecular flexibility index (Phi) is 5.06. The van der Waals surface area contributed by atoms with Gasteiger partial charge in [-0.15, -0.1) is 11.6 Å². The first kappa shape index (κ1) is 15.8. The molecule has 6 nitrogen and oxygen atoms in total. The van der Waals surface area contributed by atoms with Crippen LogP contribution in [0.3, 0.4) is 0 Å². The Labute approximate surface area is 125 Å². The lowest BCUT2D eigenvalue weighted by Gasteiger charge is -2.35. The molecule has 2 heterocycles. The van der Waals surface area contributed by atoms with Crippen LogP contribution in [0.25, 0.3) is 0 Å². The molecule has 1 atom stereocenters. The molecule has 0 saturated carbocycles. The molecule has 1 fully saturated rings. The first-order chi connectivity index (χ1) is 9.45. The van der Waals surface area contributed by atoms with E-state index < -0.39 is 10.2 Å². The lowest BCUT2D eigenvalue weighted by atomic mass is 10.1. The molecule has 1 aromatic heterocycles. The second-order valence-electron chi connectivity index (χ2n) is 5.20. The Morgan fingerprint density at radius 3 is 2.85 bits per heavy atom. The molecule has 114 valence electrons. The number of nitrogens with zero attached hydrogens (tertiary/aromatic N) is 4. The van der Waals surface area contributed by atoms with Gasteiger partial charge in [0.25, 0.3) is 10.2 Å². The van der Waals surface area contributed by atoms with E-state index in [0.29, 0.717) is 19.0 Å². The van der Waals surface area contributed by atoms with Gasteiger partial charge in [0.15, 0.2) is 0 Å². The predicted molar refractivity (Wildman–Crippen MR) is 78.7 cm³/mol. The van der Waals surface area contributed by atoms with Crippen LogP contribution in [0, 0.1) is 0 Å². The smallest absolute Gasteiger partial charge is 0.275 e. The first-order valence-corrected chi connectivity index (χ1v) is 8.65. The van der Waals surface area contributed by atoms with Gasteiger partial charge in [-0.2, -0.15) is 22.1 Å². The van der Waals surface area contributed by atoms with E-state index in [9.17, 15) is 8.42 Å². The van der Waals surface area contributed by atoms with Gasteiger partial charge in [-0.25, -0.2) is 0 Å². The molecule has 0 N–H and O–H groups in total. The topological polar surface area (TPSA) is 58.4 Å². The van der Waals surface area contributed by atoms with Gasteiger partial charge in [0.05, 0.1) is 6.20 Å². The van der Waals surface area contributed by atoms with Gasteiger partial charge in [0.1, 0.15) is 0 Å². The van der Waals surface area contributed by atoms with Crippen LogP contribution in [-0.4, -0.2) is 52.3 Å². The maximum absolute atomic E-state index is 12.6. The van der Waals surface area contributed by atoms with Crippen LogP contribution in [0.5, 0.6) is 0 Å². The van der Waals surface area contributed by atoms with Gasteiger partial charge in [0.2, 0.25) is 0 Å². The van der Waals surface area contributed by atoms with Crippen molar-refractivity contribution in [3.8, 4) is 0 Å². The average molecular weight is 321 g/mol. The summed E-state index contributed by atoms with van der Waals surface area (Å²) in [6, 6.07) is -0.0910. The molecule has 1 unspecified atom stereocenters. The van der Waals surface area contributed by atoms with E-state index in [0.717, 1.165) is 24.8 Å². The molecule has 0 aromatic carbocycles. The monoisotopic (exact) mass is 320 g/mol. The van der Waals surface area contributed by atoms with Crippen molar-refractivity contribution in [2.24, 2.45) is 7.05 Å². The lowest BCUT2D eigenvalue weighted by Crippen LogP contribution is -2.50. The highest BCUT2D eigenvalue weighted by Gasteiger charge is 2.34. The maximum Gasteiger partial charge on any atom is 0.282 e. The van der Waals surface area contributed by atoms with Gasteiger partial charge in [0, 0.05) is 50.9 Å². The van der Waals surface area contributed by atoms with E-state index >= 15 is 0 Å². The largest absolute Gasteiger partial charge is 0.282 e. The van der Waals surface area contributed by atoms with E-state index in [2.05, 4.69) is 5.10 Å². The van der Waals surface area contributed by atoms with Crippen molar-refractivity contribution < 1.29 is 8.42 Å². The van der Waals surface area contributed by atoms with Crippen molar-refractivity contribution in [3.63, 3.8) is 0 Å². The fraction of sp³-hybridized carbons (Fsp3) is 0.750. The molecule has 1 aliphatic rings. The van der Waals surface area contributed by atoms with E-state index in [1.54, 1.807) is 22.2 Å². The van der Waals surface area contributed by atoms with E-state index in [1.165, 1.54) is 4.31 Å². The van der Waals surface area contributed by atoms with E-state index in [-0.39, 0.29) is 6.04 Å². The third kappa shape index (κ3) is 3.33. The van der Waals surface area contributed by atoms with Crippen LogP contribution in [0.2, 0.25) is 0 Å². The van der Waals surface area contributed by atoms with Crippen molar-refractivity contribution in [1.82, 2.24) is 18.4 Å². The molecular weight excluding hydrogens is 300 g/mol. The quantitative estimate of drug-likeness (QED) is 0.766. The minimum absolute atomic E-state index is 0.0910. The Bertz CT molecular complexity index is 545. The van der Waals surface area contributed by atoms with Crippen molar-refractivity contribution in [2.45, 2.75) is 31.8 Å². The van der Waals surface area contributed by atoms with Gasteiger partial charge >= 0.3 is 0 Å². The fourth-order valence-electron chi connectivity index (χ4n) is 2.50. The van der Waals surface area contributed by atoms with Crippen LogP contribution in [0.15, 0.2) is 12.4 Å². The van der Waals surface area contributed by atoms with Crippen LogP contribution in [0.4, 0.5) is 0 Å². The Balaban J connectivity index is 2.11. The molecular formula is C12H21ClN4O2S. The number of hydrogen-bond acceptors (Lipinski definition) is 3. The van der Waals surface area contributed by atoms with Crippen molar-refractivity contribution in [3.05, 3.63) is 18.0 Å². The summed E-state index contributed by atoms with van der Waals surface area (Å²) in [5.74, 6) is 0.347. The van der Waals surface area contributed by atoms with Crippen LogP contribution >= 0.6 is 11.6 Å². The number of halogens is 1. The molecule has 1 aliphatic heterocycles. The summed E-state index contributed by atoms with van der Waals surface area (Å²) in [4.78, 5) is 0. The van der Waals surface area contributed by atoms with Gasteiger partial charge in [-0.05, 0) is 12.8 Å². The summed E-state index contributed by atoms with van der Waals surface area (Å²) >= 11 is 5.91. The highest BCUT2D eigenvalue weighted by molar-refractivity contribution is 7.86. The average Bonchev–Trinajstić information content (AvgIpc) is 2.84. The highest BCUT2D eigenvalue weighted by Crippen LogP contribution is 2.23. The second-order valence-corrected chi connectivity index (χ2v) is 7.50. The molecule has 0 bridgehead atoms. The molecule has 0 aliphatic carbocycles. The van der Waals surface area contributed by atoms with Crippen LogP contribution < -0.4 is 0 Å². The summed E-state index contributed by atoms with van der Waals surface area (Å²) in [7, 11) is -0.0560. The molecule has 1 aromatic rings. The predicted octanol–water partition coefficient (Wildman–Crippen LogP) is 1.19. The minimum atomic E-state index is -3.47. The Morgan fingerprint density at radius 2 is 2.25 bits per heavy atom. The van der Waals surface area contributed by atoms with Crippen molar-refractivity contribution in [2.75, 3.05) is 19.5 Å². The van der Waals surface area contributed by atoms with E-state index in [1.807, 2.05) is 13.2 Å². The molecule has 0 spiro atoms. The molecule has 1 saturated heterocycles. The Hall–Kier alpha value is -0.630. The van der Waals surface area contributed by atoms with Crippen LogP contribution in [-0.2, 0) is 23.8 Å². The third-order valence-electron chi connectivity index (χ3n) is 3.61. The van der Waals surface area contributed by atoms with Gasteiger partial charge < -0.3 is 0 Å². The number of aromatic nitrogens is 2. The zero-order chi connectivity index (χ0) is 14.8. The van der Waals surface area contributed by atoms with Crippen molar-refractivity contribution in [1.29, 1.82) is 0 Å². The van der Waals surface area contributed by atoms with Gasteiger partial charge in [-0.1, -0.05) is 6.42 Å². The SMILES string of the molecule is CN(Cc1cnn(C)c1)S(=O)(=O)N1CCCCC1CCl. The fourth-order valence-corrected chi connectivity index (χ4v) is 4.49. The summed E-state index contributed by atoms with van der Waals surface area (Å²) < 4.78 is 29.8. The number of piperidine rings is 1. The highest BCUT2D eigenvalue weighted by atomic mass is 35.5. The number of aryl methyl sites for hydroxylation is 1. The third-order valence-corrected chi connectivity index (χ3v) is 5.95. The summed E-state index contributed by atoms with van der Waals surface area (Å²) in [6.07, 6.45) is 6.27. The molecule has 0 radical (unpaired) electrons. The molecule has 8 heteroatoms. The van der Waals surface area contributed by atoms with Crippen molar-refractivity contribution >= 4 is 21.8 Å². The summed E-state index contributed by atoms with van der Waals surface area (Å²) in [6.45, 7) is 0.874. The number of alkyl halides is 1. The van der Waals surface area contributed by atoms with Gasteiger partial charge in [-0.3, -0.25) is 4.68 Å². The Morgan fingerprint density at radius 1 is 1.50 bits per heavy atom.